The van der Waals surface area contributed by atoms with Gasteiger partial charge in [-0.05, 0) is 0 Å². The van der Waals surface area contributed by atoms with E-state index in [2.05, 4.69) is 13.5 Å². The second-order valence-electron chi connectivity index (χ2n) is 1.04. The molecule has 0 aliphatic heterocycles. The van der Waals surface area contributed by atoms with Gasteiger partial charge in [0.15, 0.2) is 0 Å². The Hall–Kier alpha value is 0.259. The minimum atomic E-state index is 0.731. The zero-order chi connectivity index (χ0) is 4.83. The van der Waals surface area contributed by atoms with Crippen molar-refractivity contribution in [3.8, 4) is 0 Å². The Balaban J connectivity index is 2.49. The summed E-state index contributed by atoms with van der Waals surface area (Å²) in [5, 5.41) is 1.36. The van der Waals surface area contributed by atoms with Gasteiger partial charge in [-0.15, -0.1) is 0 Å². The van der Waals surface area contributed by atoms with Gasteiger partial charge in [0.05, 0.1) is 0 Å². The Morgan fingerprint density at radius 1 is 1.83 bits per heavy atom. The summed E-state index contributed by atoms with van der Waals surface area (Å²) in [6.07, 6.45) is 1.31. The molecular weight excluding hydrogens is 139 g/mol. The van der Waals surface area contributed by atoms with Gasteiger partial charge in [0.25, 0.3) is 0 Å². The summed E-state index contributed by atoms with van der Waals surface area (Å²) >= 11 is 0.731. The van der Waals surface area contributed by atoms with Crippen molar-refractivity contribution in [2.75, 3.05) is 0 Å². The average molecular weight is 149 g/mol. The Bertz CT molecular complexity index is 32.9. The molecule has 0 aromatic heterocycles. The van der Waals surface area contributed by atoms with Crippen LogP contribution in [0.4, 0.5) is 0 Å². The minimum absolute atomic E-state index is 0.731. The molecule has 6 heavy (non-hydrogen) atoms. The van der Waals surface area contributed by atoms with Gasteiger partial charge in [0.2, 0.25) is 0 Å². The van der Waals surface area contributed by atoms with Crippen LogP contribution in [0.15, 0.2) is 11.6 Å². The van der Waals surface area contributed by atoms with Crippen LogP contribution in [0.5, 0.6) is 0 Å². The molecule has 0 bridgehead atoms. The second-order valence-corrected chi connectivity index (χ2v) is 3.29. The molecule has 0 N–H and O–H groups in total. The van der Waals surface area contributed by atoms with Crippen LogP contribution in [0.25, 0.3) is 0 Å². The summed E-state index contributed by atoms with van der Waals surface area (Å²) in [5.41, 5.74) is 0. The van der Waals surface area contributed by atoms with Crippen molar-refractivity contribution in [1.82, 2.24) is 0 Å². The predicted octanol–water partition coefficient (Wildman–Crippen LogP) is 1.66. The van der Waals surface area contributed by atoms with Crippen LogP contribution in [0.3, 0.4) is 0 Å². The van der Waals surface area contributed by atoms with Gasteiger partial charge >= 0.3 is 45.2 Å². The van der Waals surface area contributed by atoms with E-state index < -0.39 is 0 Å². The monoisotopic (exact) mass is 150 g/mol. The van der Waals surface area contributed by atoms with E-state index in [1.165, 1.54) is 11.7 Å². The van der Waals surface area contributed by atoms with E-state index in [1.807, 2.05) is 4.97 Å². The molecular formula is C5H10Se. The van der Waals surface area contributed by atoms with Gasteiger partial charge in [-0.3, -0.25) is 0 Å². The van der Waals surface area contributed by atoms with Crippen molar-refractivity contribution in [2.45, 2.75) is 18.7 Å². The number of hydrogen-bond acceptors (Lipinski definition) is 0. The second kappa shape index (κ2) is 5.26. The summed E-state index contributed by atoms with van der Waals surface area (Å²) in [7, 11) is 0. The van der Waals surface area contributed by atoms with E-state index >= 15 is 0 Å². The van der Waals surface area contributed by atoms with Crippen LogP contribution in [-0.4, -0.2) is 15.0 Å². The molecule has 0 rings (SSSR count). The molecule has 0 unspecified atom stereocenters. The summed E-state index contributed by atoms with van der Waals surface area (Å²) in [5.74, 6) is 0. The van der Waals surface area contributed by atoms with E-state index in [9.17, 15) is 0 Å². The van der Waals surface area contributed by atoms with Crippen molar-refractivity contribution in [2.24, 2.45) is 0 Å². The van der Waals surface area contributed by atoms with Crippen molar-refractivity contribution in [3.05, 3.63) is 11.6 Å². The van der Waals surface area contributed by atoms with E-state index in [1.54, 1.807) is 0 Å². The number of rotatable bonds is 3. The topological polar surface area (TPSA) is 0 Å². The molecule has 0 saturated carbocycles. The molecule has 0 aliphatic carbocycles. The first-order valence-corrected chi connectivity index (χ1v) is 4.34. The molecule has 0 nitrogen and oxygen atoms in total. The fraction of sp³-hybridized carbons (Fsp3) is 0.600. The molecule has 0 radical (unpaired) electrons. The molecule has 0 saturated heterocycles. The summed E-state index contributed by atoms with van der Waals surface area (Å²) in [6.45, 7) is 5.83. The fourth-order valence-corrected chi connectivity index (χ4v) is 1.05. The number of hydrogen-bond donors (Lipinski definition) is 0. The Kier molecular flexibility index (Phi) is 5.49. The van der Waals surface area contributed by atoms with Gasteiger partial charge in [-0.2, -0.15) is 0 Å². The van der Waals surface area contributed by atoms with Gasteiger partial charge in [0.1, 0.15) is 0 Å². The van der Waals surface area contributed by atoms with Crippen molar-refractivity contribution in [3.63, 3.8) is 0 Å². The van der Waals surface area contributed by atoms with Crippen LogP contribution in [-0.2, 0) is 0 Å². The molecule has 0 amide bonds. The maximum atomic E-state index is 3.63. The Morgan fingerprint density at radius 3 is 2.67 bits per heavy atom. The molecule has 0 fully saturated rings. The van der Waals surface area contributed by atoms with Crippen LogP contribution in [0.2, 0.25) is 5.32 Å². The van der Waals surface area contributed by atoms with Gasteiger partial charge in [0, 0.05) is 0 Å². The third kappa shape index (κ3) is 4.26. The first kappa shape index (κ1) is 6.26. The summed E-state index contributed by atoms with van der Waals surface area (Å²) in [6, 6.07) is 0. The summed E-state index contributed by atoms with van der Waals surface area (Å²) in [4.78, 5) is 2.02. The molecule has 36 valence electrons. The third-order valence-electron chi connectivity index (χ3n) is 0.440. The van der Waals surface area contributed by atoms with E-state index in [0.29, 0.717) is 0 Å². The molecule has 0 spiro atoms. The van der Waals surface area contributed by atoms with Crippen molar-refractivity contribution >= 4 is 15.0 Å². The molecule has 0 aromatic carbocycles. The standard InChI is InChI=1S/C5H10Se/c1-3-5-6-4-2/h4H,2-3,5H2,1H3. The van der Waals surface area contributed by atoms with Crippen LogP contribution in [0.1, 0.15) is 13.3 Å². The van der Waals surface area contributed by atoms with Crippen molar-refractivity contribution < 1.29 is 0 Å². The molecule has 0 aromatic rings. The molecule has 0 atom stereocenters. The van der Waals surface area contributed by atoms with Crippen molar-refractivity contribution in [1.29, 1.82) is 0 Å². The first-order chi connectivity index (χ1) is 2.91. The molecule has 0 aliphatic rings. The first-order valence-electron chi connectivity index (χ1n) is 2.14. The quantitative estimate of drug-likeness (QED) is 0.423. The average Bonchev–Trinajstić information content (AvgIpc) is 1.61. The van der Waals surface area contributed by atoms with E-state index in [0.717, 1.165) is 15.0 Å². The van der Waals surface area contributed by atoms with Gasteiger partial charge < -0.3 is 0 Å². The van der Waals surface area contributed by atoms with E-state index in [-0.39, 0.29) is 0 Å². The van der Waals surface area contributed by atoms with Crippen LogP contribution < -0.4 is 0 Å². The third-order valence-corrected chi connectivity index (χ3v) is 2.29. The fourth-order valence-electron chi connectivity index (χ4n) is 0.201. The molecule has 1 heteroatoms. The molecule has 0 heterocycles. The zero-order valence-corrected chi connectivity index (χ0v) is 5.82. The summed E-state index contributed by atoms with van der Waals surface area (Å²) < 4.78 is 0. The van der Waals surface area contributed by atoms with Crippen LogP contribution >= 0.6 is 0 Å². The SMILES string of the molecule is C=C[Se]CCC. The normalized spacial score (nSPS) is 8.17. The van der Waals surface area contributed by atoms with Gasteiger partial charge in [-0.1, -0.05) is 0 Å². The Morgan fingerprint density at radius 2 is 2.50 bits per heavy atom. The van der Waals surface area contributed by atoms with E-state index in [4.69, 9.17) is 0 Å². The van der Waals surface area contributed by atoms with Gasteiger partial charge in [-0.25, -0.2) is 0 Å². The Labute approximate surface area is 45.8 Å². The predicted molar refractivity (Wildman–Crippen MR) is 31.0 cm³/mol. The zero-order valence-electron chi connectivity index (χ0n) is 4.11. The maximum absolute atomic E-state index is 3.63. The van der Waals surface area contributed by atoms with Crippen LogP contribution in [0, 0.1) is 0 Å².